The van der Waals surface area contributed by atoms with Crippen molar-refractivity contribution in [2.24, 2.45) is 5.92 Å². The van der Waals surface area contributed by atoms with Gasteiger partial charge in [-0.3, -0.25) is 4.79 Å². The van der Waals surface area contributed by atoms with E-state index in [2.05, 4.69) is 25.7 Å². The van der Waals surface area contributed by atoms with Crippen molar-refractivity contribution in [3.05, 3.63) is 0 Å². The second kappa shape index (κ2) is 9.39. The lowest BCUT2D eigenvalue weighted by Gasteiger charge is -2.33. The predicted octanol–water partition coefficient (Wildman–Crippen LogP) is 4.77. The molecule has 2 heteroatoms. The van der Waals surface area contributed by atoms with E-state index in [0.29, 0.717) is 17.9 Å². The van der Waals surface area contributed by atoms with Crippen LogP contribution in [0.1, 0.15) is 85.0 Å². The summed E-state index contributed by atoms with van der Waals surface area (Å²) in [7, 11) is 0. The van der Waals surface area contributed by atoms with Crippen LogP contribution in [0.15, 0.2) is 0 Å². The number of hydrogen-bond acceptors (Lipinski definition) is 1. The minimum absolute atomic E-state index is 0.328. The highest BCUT2D eigenvalue weighted by Gasteiger charge is 2.27. The summed E-state index contributed by atoms with van der Waals surface area (Å²) in [6.45, 7) is 7.61. The number of carbonyl (C=O) groups excluding carboxylic acids is 1. The van der Waals surface area contributed by atoms with Gasteiger partial charge in [0.2, 0.25) is 5.91 Å². The van der Waals surface area contributed by atoms with E-state index in [1.807, 2.05) is 0 Å². The van der Waals surface area contributed by atoms with Crippen molar-refractivity contribution in [1.82, 2.24) is 4.90 Å². The molecule has 1 fully saturated rings. The first-order chi connectivity index (χ1) is 9.20. The molecule has 19 heavy (non-hydrogen) atoms. The highest BCUT2D eigenvalue weighted by atomic mass is 16.2. The van der Waals surface area contributed by atoms with Gasteiger partial charge in [0.25, 0.3) is 0 Å². The smallest absolute Gasteiger partial charge is 0.225 e. The summed E-state index contributed by atoms with van der Waals surface area (Å²) in [6.07, 6.45) is 12.2. The number of unbranched alkanes of at least 4 members (excludes halogenated alkanes) is 3. The van der Waals surface area contributed by atoms with Gasteiger partial charge in [-0.05, 0) is 32.6 Å². The molecule has 0 heterocycles. The zero-order chi connectivity index (χ0) is 14.1. The molecule has 2 nitrogen and oxygen atoms in total. The van der Waals surface area contributed by atoms with Crippen molar-refractivity contribution >= 4 is 5.91 Å². The second-order valence-corrected chi connectivity index (χ2v) is 6.18. The van der Waals surface area contributed by atoms with E-state index in [-0.39, 0.29) is 0 Å². The molecule has 0 radical (unpaired) electrons. The van der Waals surface area contributed by atoms with Crippen molar-refractivity contribution in [1.29, 1.82) is 0 Å². The largest absolute Gasteiger partial charge is 0.340 e. The van der Waals surface area contributed by atoms with Crippen molar-refractivity contribution in [2.75, 3.05) is 6.54 Å². The summed E-state index contributed by atoms with van der Waals surface area (Å²) in [5, 5.41) is 0. The third kappa shape index (κ3) is 5.54. The summed E-state index contributed by atoms with van der Waals surface area (Å²) in [5.41, 5.74) is 0. The Morgan fingerprint density at radius 2 is 1.79 bits per heavy atom. The van der Waals surface area contributed by atoms with E-state index in [1.165, 1.54) is 44.9 Å². The molecule has 0 aromatic rings. The molecule has 1 amide bonds. The van der Waals surface area contributed by atoms with Crippen LogP contribution in [0, 0.1) is 5.92 Å². The fourth-order valence-corrected chi connectivity index (χ4v) is 3.06. The van der Waals surface area contributed by atoms with Crippen LogP contribution < -0.4 is 0 Å². The number of nitrogens with zero attached hydrogens (tertiary/aromatic N) is 1. The molecule has 0 N–H and O–H groups in total. The van der Waals surface area contributed by atoms with E-state index in [4.69, 9.17) is 0 Å². The zero-order valence-electron chi connectivity index (χ0n) is 13.3. The summed E-state index contributed by atoms with van der Waals surface area (Å²) < 4.78 is 0. The molecule has 1 atom stereocenters. The molecule has 0 bridgehead atoms. The third-order valence-corrected chi connectivity index (χ3v) is 4.61. The fraction of sp³-hybridized carbons (Fsp3) is 0.941. The number of hydrogen-bond donors (Lipinski definition) is 0. The molecular formula is C17H33NO. The Balaban J connectivity index is 2.48. The Morgan fingerprint density at radius 1 is 1.11 bits per heavy atom. The molecule has 1 saturated carbocycles. The van der Waals surface area contributed by atoms with Crippen LogP contribution in [-0.2, 0) is 4.79 Å². The van der Waals surface area contributed by atoms with E-state index >= 15 is 0 Å². The minimum Gasteiger partial charge on any atom is -0.340 e. The molecular weight excluding hydrogens is 234 g/mol. The lowest BCUT2D eigenvalue weighted by Crippen LogP contribution is -2.43. The van der Waals surface area contributed by atoms with Crippen molar-refractivity contribution < 1.29 is 4.79 Å². The van der Waals surface area contributed by atoms with Gasteiger partial charge in [0.15, 0.2) is 0 Å². The Hall–Kier alpha value is -0.530. The predicted molar refractivity (Wildman–Crippen MR) is 82.2 cm³/mol. The van der Waals surface area contributed by atoms with Gasteiger partial charge < -0.3 is 4.90 Å². The lowest BCUT2D eigenvalue weighted by molar-refractivity contribution is -0.138. The van der Waals surface area contributed by atoms with E-state index < -0.39 is 0 Å². The van der Waals surface area contributed by atoms with Crippen LogP contribution >= 0.6 is 0 Å². The maximum atomic E-state index is 12.7. The highest BCUT2D eigenvalue weighted by molar-refractivity contribution is 5.79. The number of amides is 1. The Kier molecular flexibility index (Phi) is 8.16. The van der Waals surface area contributed by atoms with Crippen molar-refractivity contribution in [3.8, 4) is 0 Å². The second-order valence-electron chi connectivity index (χ2n) is 6.18. The lowest BCUT2D eigenvalue weighted by atomic mass is 9.88. The van der Waals surface area contributed by atoms with Crippen LogP contribution in [-0.4, -0.2) is 23.4 Å². The van der Waals surface area contributed by atoms with Gasteiger partial charge in [-0.15, -0.1) is 0 Å². The average Bonchev–Trinajstić information content (AvgIpc) is 2.47. The third-order valence-electron chi connectivity index (χ3n) is 4.61. The zero-order valence-corrected chi connectivity index (χ0v) is 13.3. The number of rotatable bonds is 8. The summed E-state index contributed by atoms with van der Waals surface area (Å²) in [6, 6.07) is 0.413. The van der Waals surface area contributed by atoms with Gasteiger partial charge in [-0.1, -0.05) is 52.4 Å². The molecule has 1 unspecified atom stereocenters. The van der Waals surface area contributed by atoms with Gasteiger partial charge >= 0.3 is 0 Å². The van der Waals surface area contributed by atoms with E-state index in [0.717, 1.165) is 25.8 Å². The first-order valence-corrected chi connectivity index (χ1v) is 8.51. The maximum absolute atomic E-state index is 12.7. The monoisotopic (exact) mass is 267 g/mol. The van der Waals surface area contributed by atoms with Crippen LogP contribution in [0.5, 0.6) is 0 Å². The molecule has 0 saturated heterocycles. The molecule has 1 aliphatic carbocycles. The van der Waals surface area contributed by atoms with Gasteiger partial charge in [-0.25, -0.2) is 0 Å². The minimum atomic E-state index is 0.328. The van der Waals surface area contributed by atoms with Crippen LogP contribution in [0.3, 0.4) is 0 Å². The average molecular weight is 267 g/mol. The topological polar surface area (TPSA) is 20.3 Å². The fourth-order valence-electron chi connectivity index (χ4n) is 3.06. The normalized spacial score (nSPS) is 18.3. The van der Waals surface area contributed by atoms with E-state index in [1.54, 1.807) is 0 Å². The van der Waals surface area contributed by atoms with Gasteiger partial charge in [0.1, 0.15) is 0 Å². The summed E-state index contributed by atoms with van der Waals surface area (Å²) in [4.78, 5) is 14.9. The maximum Gasteiger partial charge on any atom is 0.225 e. The Bertz CT molecular complexity index is 246. The van der Waals surface area contributed by atoms with Gasteiger partial charge in [0, 0.05) is 18.5 Å². The first-order valence-electron chi connectivity index (χ1n) is 8.51. The van der Waals surface area contributed by atoms with Crippen LogP contribution in [0.2, 0.25) is 0 Å². The molecule has 1 rings (SSSR count). The molecule has 1 aliphatic rings. The standard InChI is InChI=1S/C17H33NO/c1-4-6-7-11-14-18(15(3)5-2)17(19)16-12-9-8-10-13-16/h15-16H,4-14H2,1-3H3. The molecule has 112 valence electrons. The van der Waals surface area contributed by atoms with E-state index in [9.17, 15) is 4.79 Å². The molecule has 0 aliphatic heterocycles. The van der Waals surface area contributed by atoms with Crippen molar-refractivity contribution in [2.45, 2.75) is 91.0 Å². The highest BCUT2D eigenvalue weighted by Crippen LogP contribution is 2.26. The molecule has 0 spiro atoms. The quantitative estimate of drug-likeness (QED) is 0.580. The SMILES string of the molecule is CCCCCCN(C(=O)C1CCCCC1)C(C)CC. The molecule has 0 aromatic carbocycles. The van der Waals surface area contributed by atoms with Crippen molar-refractivity contribution in [3.63, 3.8) is 0 Å². The van der Waals surface area contributed by atoms with Gasteiger partial charge in [-0.2, -0.15) is 0 Å². The molecule has 0 aromatic heterocycles. The summed E-state index contributed by atoms with van der Waals surface area (Å²) in [5.74, 6) is 0.777. The first kappa shape index (κ1) is 16.5. The Labute approximate surface area is 119 Å². The van der Waals surface area contributed by atoms with Crippen LogP contribution in [0.4, 0.5) is 0 Å². The Morgan fingerprint density at radius 3 is 2.37 bits per heavy atom. The van der Waals surface area contributed by atoms with Gasteiger partial charge in [0.05, 0.1) is 0 Å². The number of carbonyl (C=O) groups is 1. The summed E-state index contributed by atoms with van der Waals surface area (Å²) >= 11 is 0. The van der Waals surface area contributed by atoms with Crippen LogP contribution in [0.25, 0.3) is 0 Å².